The van der Waals surface area contributed by atoms with E-state index in [9.17, 15) is 19.5 Å². The standard InChI is InChI=1S/C31H46N4O5/c1-29-10-7-22(34-28(38)33-14-16-35-15-13-32-26(36)18-35)17-21(29)4-5-25-24(29)8-11-30(2)23(9-12-31(25,30)39)20-3-6-27(37)40-19-20/h3,6,19,21-25,39H,4-5,7-18H2,1-2H3,(H,32,36)(H2,33,34,38)/t21-,22+,23-,24+,25-,29?,30?,31+/m1/s1. The summed E-state index contributed by atoms with van der Waals surface area (Å²) in [6.07, 6.45) is 10.6. The van der Waals surface area contributed by atoms with Crippen molar-refractivity contribution in [1.29, 1.82) is 0 Å². The van der Waals surface area contributed by atoms with E-state index in [0.29, 0.717) is 38.0 Å². The minimum absolute atomic E-state index is 0.0456. The van der Waals surface area contributed by atoms with Gasteiger partial charge in [0, 0.05) is 43.7 Å². The van der Waals surface area contributed by atoms with Crippen LogP contribution >= 0.6 is 0 Å². The highest BCUT2D eigenvalue weighted by atomic mass is 16.4. The zero-order valence-corrected chi connectivity index (χ0v) is 24.0. The van der Waals surface area contributed by atoms with Crippen molar-refractivity contribution in [3.63, 3.8) is 0 Å². The summed E-state index contributed by atoms with van der Waals surface area (Å²) < 4.78 is 5.22. The topological polar surface area (TPSA) is 124 Å². The van der Waals surface area contributed by atoms with E-state index in [4.69, 9.17) is 4.42 Å². The lowest BCUT2D eigenvalue weighted by Crippen LogP contribution is -2.62. The molecule has 5 aliphatic rings. The fourth-order valence-corrected chi connectivity index (χ4v) is 9.90. The van der Waals surface area contributed by atoms with E-state index < -0.39 is 5.60 Å². The quantitative estimate of drug-likeness (QED) is 0.444. The zero-order valence-electron chi connectivity index (χ0n) is 24.0. The number of rotatable bonds is 5. The molecule has 0 radical (unpaired) electrons. The van der Waals surface area contributed by atoms with Gasteiger partial charge in [-0.3, -0.25) is 9.69 Å². The fraction of sp³-hybridized carbons (Fsp3) is 0.774. The number of piperazine rings is 1. The Hall–Kier alpha value is -2.39. The van der Waals surface area contributed by atoms with E-state index in [1.54, 1.807) is 6.26 Å². The molecule has 4 aliphatic carbocycles. The number of fused-ring (bicyclic) bond motifs is 5. The van der Waals surface area contributed by atoms with Crippen LogP contribution in [-0.4, -0.2) is 66.3 Å². The number of aliphatic hydroxyl groups is 1. The Labute approximate surface area is 236 Å². The molecule has 1 saturated heterocycles. The monoisotopic (exact) mass is 554 g/mol. The first kappa shape index (κ1) is 27.8. The van der Waals surface area contributed by atoms with Crippen LogP contribution in [0.25, 0.3) is 0 Å². The number of carbonyl (C=O) groups is 2. The first-order valence-corrected chi connectivity index (χ1v) is 15.5. The van der Waals surface area contributed by atoms with Gasteiger partial charge in [0.1, 0.15) is 0 Å². The second kappa shape index (κ2) is 10.5. The fourth-order valence-electron chi connectivity index (χ4n) is 9.90. The van der Waals surface area contributed by atoms with Gasteiger partial charge in [-0.25, -0.2) is 9.59 Å². The third-order valence-electron chi connectivity index (χ3n) is 12.1. The van der Waals surface area contributed by atoms with Crippen LogP contribution in [0, 0.1) is 28.6 Å². The molecule has 4 N–H and O–H groups in total. The minimum atomic E-state index is -0.700. The molecule has 8 atom stereocenters. The Balaban J connectivity index is 1.06. The first-order valence-electron chi connectivity index (χ1n) is 15.5. The molecule has 0 spiro atoms. The summed E-state index contributed by atoms with van der Waals surface area (Å²) in [6.45, 7) is 7.83. The van der Waals surface area contributed by atoms with Crippen LogP contribution in [0.3, 0.4) is 0 Å². The predicted molar refractivity (Wildman–Crippen MR) is 151 cm³/mol. The first-order chi connectivity index (χ1) is 19.1. The maximum absolute atomic E-state index is 12.7. The Morgan fingerprint density at radius 3 is 2.73 bits per heavy atom. The number of nitrogens with zero attached hydrogens (tertiary/aromatic N) is 1. The highest BCUT2D eigenvalue weighted by molar-refractivity contribution is 5.78. The van der Waals surface area contributed by atoms with Gasteiger partial charge in [0.05, 0.1) is 18.4 Å². The molecular weight excluding hydrogens is 508 g/mol. The van der Waals surface area contributed by atoms with E-state index >= 15 is 0 Å². The highest BCUT2D eigenvalue weighted by Gasteiger charge is 2.67. The zero-order chi connectivity index (χ0) is 28.1. The van der Waals surface area contributed by atoms with Crippen LogP contribution in [0.4, 0.5) is 4.79 Å². The summed E-state index contributed by atoms with van der Waals surface area (Å²) in [5.74, 6) is 1.59. The number of amides is 3. The molecule has 2 heterocycles. The van der Waals surface area contributed by atoms with Crippen LogP contribution in [0.2, 0.25) is 0 Å². The van der Waals surface area contributed by atoms with Gasteiger partial charge in [0.15, 0.2) is 0 Å². The Morgan fingerprint density at radius 1 is 1.10 bits per heavy atom. The average Bonchev–Trinajstić information content (AvgIpc) is 3.20. The van der Waals surface area contributed by atoms with Crippen molar-refractivity contribution < 1.29 is 19.1 Å². The van der Waals surface area contributed by atoms with Gasteiger partial charge in [-0.05, 0) is 98.5 Å². The molecular formula is C31H46N4O5. The maximum atomic E-state index is 12.7. The lowest BCUT2D eigenvalue weighted by molar-refractivity contribution is -0.201. The average molecular weight is 555 g/mol. The lowest BCUT2D eigenvalue weighted by Gasteiger charge is -2.63. The van der Waals surface area contributed by atoms with Crippen LogP contribution < -0.4 is 21.6 Å². The van der Waals surface area contributed by atoms with Gasteiger partial charge in [0.2, 0.25) is 5.91 Å². The van der Waals surface area contributed by atoms with Gasteiger partial charge in [-0.1, -0.05) is 13.8 Å². The predicted octanol–water partition coefficient (Wildman–Crippen LogP) is 2.98. The molecule has 40 heavy (non-hydrogen) atoms. The van der Waals surface area contributed by atoms with Gasteiger partial charge < -0.3 is 25.5 Å². The Bertz CT molecular complexity index is 1170. The maximum Gasteiger partial charge on any atom is 0.335 e. The second-order valence-corrected chi connectivity index (χ2v) is 13.9. The SMILES string of the molecule is CC12CC[C@H](NC(=O)NCCN3CCNC(=O)C3)C[C@H]1CC[C@@H]1[C@@H]2CCC2(C)[C@@H](c3ccc(=O)oc3)CC[C@]12O. The third kappa shape index (κ3) is 4.67. The molecule has 1 aromatic heterocycles. The summed E-state index contributed by atoms with van der Waals surface area (Å²) in [4.78, 5) is 37.9. The number of nitrogens with one attached hydrogen (secondary N) is 3. The van der Waals surface area contributed by atoms with E-state index in [2.05, 4.69) is 34.7 Å². The van der Waals surface area contributed by atoms with E-state index in [0.717, 1.165) is 69.9 Å². The second-order valence-electron chi connectivity index (χ2n) is 13.9. The largest absolute Gasteiger partial charge is 0.431 e. The number of carbonyl (C=O) groups excluding carboxylic acids is 2. The number of hydrogen-bond donors (Lipinski definition) is 4. The molecule has 5 fully saturated rings. The van der Waals surface area contributed by atoms with Crippen molar-refractivity contribution in [2.24, 2.45) is 28.6 Å². The van der Waals surface area contributed by atoms with Crippen molar-refractivity contribution in [2.45, 2.75) is 89.2 Å². The molecule has 1 aliphatic heterocycles. The van der Waals surface area contributed by atoms with E-state index in [-0.39, 0.29) is 46.3 Å². The van der Waals surface area contributed by atoms with Crippen molar-refractivity contribution in [2.75, 3.05) is 32.7 Å². The summed E-state index contributed by atoms with van der Waals surface area (Å²) in [5, 5.41) is 21.5. The molecule has 9 nitrogen and oxygen atoms in total. The van der Waals surface area contributed by atoms with Gasteiger partial charge >= 0.3 is 11.7 Å². The minimum Gasteiger partial charge on any atom is -0.431 e. The van der Waals surface area contributed by atoms with Crippen molar-refractivity contribution in [3.8, 4) is 0 Å². The van der Waals surface area contributed by atoms with Crippen molar-refractivity contribution in [3.05, 3.63) is 34.4 Å². The number of hydrogen-bond acceptors (Lipinski definition) is 6. The normalized spacial score (nSPS) is 41.3. The van der Waals surface area contributed by atoms with Crippen LogP contribution in [0.5, 0.6) is 0 Å². The van der Waals surface area contributed by atoms with E-state index in [1.165, 1.54) is 6.07 Å². The summed E-state index contributed by atoms with van der Waals surface area (Å²) in [7, 11) is 0. The molecule has 4 saturated carbocycles. The molecule has 3 amide bonds. The summed E-state index contributed by atoms with van der Waals surface area (Å²) >= 11 is 0. The number of urea groups is 1. The molecule has 0 bridgehead atoms. The Morgan fingerprint density at radius 2 is 1.95 bits per heavy atom. The molecule has 220 valence electrons. The summed E-state index contributed by atoms with van der Waals surface area (Å²) in [6, 6.07) is 3.47. The third-order valence-corrected chi connectivity index (χ3v) is 12.1. The lowest BCUT2D eigenvalue weighted by atomic mass is 9.43. The van der Waals surface area contributed by atoms with E-state index in [1.807, 2.05) is 6.07 Å². The smallest absolute Gasteiger partial charge is 0.335 e. The summed E-state index contributed by atoms with van der Waals surface area (Å²) in [5.41, 5.74) is -0.0164. The molecule has 2 unspecified atom stereocenters. The molecule has 1 aromatic rings. The highest BCUT2D eigenvalue weighted by Crippen LogP contribution is 2.70. The van der Waals surface area contributed by atoms with Crippen LogP contribution in [0.1, 0.15) is 83.1 Å². The molecule has 9 heteroatoms. The van der Waals surface area contributed by atoms with Gasteiger partial charge in [0.25, 0.3) is 0 Å². The van der Waals surface area contributed by atoms with Crippen molar-refractivity contribution in [1.82, 2.24) is 20.9 Å². The molecule has 0 aromatic carbocycles. The Kier molecular flexibility index (Phi) is 7.26. The van der Waals surface area contributed by atoms with Crippen molar-refractivity contribution >= 4 is 11.9 Å². The van der Waals surface area contributed by atoms with Gasteiger partial charge in [-0.15, -0.1) is 0 Å². The van der Waals surface area contributed by atoms with Crippen LogP contribution in [0.15, 0.2) is 27.6 Å². The molecule has 6 rings (SSSR count). The van der Waals surface area contributed by atoms with Crippen LogP contribution in [-0.2, 0) is 4.79 Å². The van der Waals surface area contributed by atoms with Gasteiger partial charge in [-0.2, -0.15) is 0 Å².